The van der Waals surface area contributed by atoms with E-state index in [4.69, 9.17) is 5.26 Å². The van der Waals surface area contributed by atoms with Crippen molar-refractivity contribution in [1.29, 1.82) is 5.26 Å². The molecule has 30 heavy (non-hydrogen) atoms. The van der Waals surface area contributed by atoms with Crippen LogP contribution in [0.3, 0.4) is 0 Å². The summed E-state index contributed by atoms with van der Waals surface area (Å²) in [6, 6.07) is 22.2. The van der Waals surface area contributed by atoms with Crippen molar-refractivity contribution in [3.05, 3.63) is 93.8 Å². The molecule has 2 amide bonds. The molecule has 5 nitrogen and oxygen atoms in total. The molecule has 4 rings (SSSR count). The molecule has 0 aliphatic carbocycles. The van der Waals surface area contributed by atoms with Crippen molar-refractivity contribution in [2.75, 3.05) is 11.4 Å². The Morgan fingerprint density at radius 1 is 0.967 bits per heavy atom. The van der Waals surface area contributed by atoms with Crippen LogP contribution in [0.5, 0.6) is 0 Å². The summed E-state index contributed by atoms with van der Waals surface area (Å²) in [5.41, 5.74) is 2.84. The molecule has 0 N–H and O–H groups in total. The number of hydrogen-bond donors (Lipinski definition) is 0. The zero-order valence-electron chi connectivity index (χ0n) is 16.4. The lowest BCUT2D eigenvalue weighted by Crippen LogP contribution is -2.35. The van der Waals surface area contributed by atoms with Gasteiger partial charge in [-0.25, -0.2) is 4.90 Å². The molecule has 0 saturated carbocycles. The van der Waals surface area contributed by atoms with Gasteiger partial charge in [-0.3, -0.25) is 9.59 Å². The Kier molecular flexibility index (Phi) is 5.46. The molecule has 0 saturated heterocycles. The quantitative estimate of drug-likeness (QED) is 0.561. The Morgan fingerprint density at radius 3 is 2.30 bits per heavy atom. The average molecular weight is 414 g/mol. The number of benzene rings is 2. The molecule has 0 fully saturated rings. The maximum Gasteiger partial charge on any atom is 0.282 e. The predicted molar refractivity (Wildman–Crippen MR) is 117 cm³/mol. The van der Waals surface area contributed by atoms with Gasteiger partial charge in [0.15, 0.2) is 0 Å². The summed E-state index contributed by atoms with van der Waals surface area (Å²) in [6.07, 6.45) is 0. The zero-order valence-corrected chi connectivity index (χ0v) is 17.2. The predicted octanol–water partition coefficient (Wildman–Crippen LogP) is 4.43. The third-order valence-electron chi connectivity index (χ3n) is 5.00. The molecule has 0 unspecified atom stereocenters. The van der Waals surface area contributed by atoms with Crippen LogP contribution in [0, 0.1) is 11.3 Å². The topological polar surface area (TPSA) is 64.4 Å². The van der Waals surface area contributed by atoms with Crippen LogP contribution in [0.1, 0.15) is 22.9 Å². The fourth-order valence-electron chi connectivity index (χ4n) is 3.53. The van der Waals surface area contributed by atoms with E-state index in [-0.39, 0.29) is 11.8 Å². The molecular formula is C24H19N3O2S. The van der Waals surface area contributed by atoms with Gasteiger partial charge in [0.25, 0.3) is 11.8 Å². The Hall–Kier alpha value is -3.69. The SMILES string of the molecule is CCN(Cc1ccccc1)C1=C(c2cccs2)C(=O)N(c2ccc(C#N)cc2)C1=O. The van der Waals surface area contributed by atoms with E-state index in [9.17, 15) is 9.59 Å². The van der Waals surface area contributed by atoms with E-state index in [1.54, 1.807) is 24.3 Å². The molecule has 0 radical (unpaired) electrons. The van der Waals surface area contributed by atoms with E-state index in [1.165, 1.54) is 16.2 Å². The van der Waals surface area contributed by atoms with Gasteiger partial charge in [-0.15, -0.1) is 11.3 Å². The van der Waals surface area contributed by atoms with E-state index in [0.29, 0.717) is 35.6 Å². The van der Waals surface area contributed by atoms with Crippen LogP contribution in [0.2, 0.25) is 0 Å². The second-order valence-electron chi connectivity index (χ2n) is 6.81. The van der Waals surface area contributed by atoms with Gasteiger partial charge >= 0.3 is 0 Å². The summed E-state index contributed by atoms with van der Waals surface area (Å²) in [7, 11) is 0. The molecule has 0 bridgehead atoms. The fraction of sp³-hybridized carbons (Fsp3) is 0.125. The molecule has 1 aliphatic rings. The standard InChI is InChI=1S/C24H19N3O2S/c1-2-26(16-18-7-4-3-5-8-18)22-21(20-9-6-14-30-20)23(28)27(24(22)29)19-12-10-17(15-25)11-13-19/h3-14H,2,16H2,1H3. The minimum Gasteiger partial charge on any atom is -0.362 e. The molecule has 3 aromatic rings. The molecule has 2 heterocycles. The van der Waals surface area contributed by atoms with Crippen LogP contribution in [0.4, 0.5) is 5.69 Å². The largest absolute Gasteiger partial charge is 0.362 e. The molecule has 0 atom stereocenters. The normalized spacial score (nSPS) is 13.7. The number of nitriles is 1. The van der Waals surface area contributed by atoms with Gasteiger partial charge in [0.2, 0.25) is 0 Å². The summed E-state index contributed by atoms with van der Waals surface area (Å²) >= 11 is 1.44. The first-order valence-electron chi connectivity index (χ1n) is 9.60. The number of imide groups is 1. The van der Waals surface area contributed by atoms with Gasteiger partial charge in [-0.2, -0.15) is 5.26 Å². The summed E-state index contributed by atoms with van der Waals surface area (Å²) in [4.78, 5) is 30.9. The average Bonchev–Trinajstić information content (AvgIpc) is 3.39. The molecule has 1 aliphatic heterocycles. The van der Waals surface area contributed by atoms with Crippen LogP contribution in [-0.4, -0.2) is 23.3 Å². The van der Waals surface area contributed by atoms with E-state index in [0.717, 1.165) is 10.4 Å². The highest BCUT2D eigenvalue weighted by molar-refractivity contribution is 7.11. The number of likely N-dealkylation sites (N-methyl/N-ethyl adjacent to an activating group) is 1. The lowest BCUT2D eigenvalue weighted by Gasteiger charge is -2.24. The minimum atomic E-state index is -0.342. The van der Waals surface area contributed by atoms with Crippen LogP contribution >= 0.6 is 11.3 Å². The summed E-state index contributed by atoms with van der Waals surface area (Å²) < 4.78 is 0. The fourth-order valence-corrected chi connectivity index (χ4v) is 4.29. The number of carbonyl (C=O) groups is 2. The Labute approximate surface area is 179 Å². The van der Waals surface area contributed by atoms with E-state index in [1.807, 2.05) is 59.7 Å². The van der Waals surface area contributed by atoms with Crippen LogP contribution in [0.25, 0.3) is 5.57 Å². The molecule has 1 aromatic heterocycles. The second-order valence-corrected chi connectivity index (χ2v) is 7.75. The number of anilines is 1. The van der Waals surface area contributed by atoms with Gasteiger partial charge in [0.1, 0.15) is 5.70 Å². The lowest BCUT2D eigenvalue weighted by atomic mass is 10.1. The van der Waals surface area contributed by atoms with Crippen molar-refractivity contribution in [1.82, 2.24) is 4.90 Å². The minimum absolute atomic E-state index is 0.339. The van der Waals surface area contributed by atoms with Gasteiger partial charge < -0.3 is 4.90 Å². The number of amides is 2. The maximum atomic E-state index is 13.5. The number of rotatable bonds is 6. The van der Waals surface area contributed by atoms with Crippen molar-refractivity contribution < 1.29 is 9.59 Å². The monoisotopic (exact) mass is 413 g/mol. The van der Waals surface area contributed by atoms with Gasteiger partial charge in [-0.1, -0.05) is 36.4 Å². The van der Waals surface area contributed by atoms with Crippen molar-refractivity contribution in [3.63, 3.8) is 0 Å². The van der Waals surface area contributed by atoms with Crippen molar-refractivity contribution in [2.45, 2.75) is 13.5 Å². The maximum absolute atomic E-state index is 13.5. The first-order valence-corrected chi connectivity index (χ1v) is 10.5. The van der Waals surface area contributed by atoms with Crippen LogP contribution < -0.4 is 4.90 Å². The highest BCUT2D eigenvalue weighted by Crippen LogP contribution is 2.37. The lowest BCUT2D eigenvalue weighted by molar-refractivity contribution is -0.120. The first kappa shape index (κ1) is 19.6. The van der Waals surface area contributed by atoms with E-state index >= 15 is 0 Å². The van der Waals surface area contributed by atoms with E-state index < -0.39 is 0 Å². The van der Waals surface area contributed by atoms with Crippen molar-refractivity contribution >= 4 is 34.4 Å². The van der Waals surface area contributed by atoms with Crippen LogP contribution in [-0.2, 0) is 16.1 Å². The van der Waals surface area contributed by atoms with Gasteiger partial charge in [0, 0.05) is 18.0 Å². The Bertz CT molecular complexity index is 1140. The first-order chi connectivity index (χ1) is 14.6. The highest BCUT2D eigenvalue weighted by atomic mass is 32.1. The van der Waals surface area contributed by atoms with Crippen molar-refractivity contribution in [2.24, 2.45) is 0 Å². The number of thiophene rings is 1. The summed E-state index contributed by atoms with van der Waals surface area (Å²) in [6.45, 7) is 3.09. The number of carbonyl (C=O) groups excluding carboxylic acids is 2. The van der Waals surface area contributed by atoms with E-state index in [2.05, 4.69) is 6.07 Å². The smallest absolute Gasteiger partial charge is 0.282 e. The Balaban J connectivity index is 1.78. The molecular weight excluding hydrogens is 394 g/mol. The zero-order chi connectivity index (χ0) is 21.1. The Morgan fingerprint density at radius 2 is 1.70 bits per heavy atom. The molecule has 148 valence electrons. The molecule has 0 spiro atoms. The molecule has 2 aromatic carbocycles. The van der Waals surface area contributed by atoms with Gasteiger partial charge in [-0.05, 0) is 48.2 Å². The third-order valence-corrected chi connectivity index (χ3v) is 5.88. The summed E-state index contributed by atoms with van der Waals surface area (Å²) in [5, 5.41) is 10.9. The molecule has 6 heteroatoms. The van der Waals surface area contributed by atoms with Gasteiger partial charge in [0.05, 0.1) is 22.9 Å². The third kappa shape index (κ3) is 3.51. The highest BCUT2D eigenvalue weighted by Gasteiger charge is 2.42. The number of hydrogen-bond acceptors (Lipinski definition) is 5. The number of nitrogens with zero attached hydrogens (tertiary/aromatic N) is 3. The van der Waals surface area contributed by atoms with Crippen LogP contribution in [0.15, 0.2) is 77.8 Å². The second kappa shape index (κ2) is 8.36. The summed E-state index contributed by atoms with van der Waals surface area (Å²) in [5.74, 6) is -0.681. The van der Waals surface area contributed by atoms with Crippen molar-refractivity contribution in [3.8, 4) is 6.07 Å².